The summed E-state index contributed by atoms with van der Waals surface area (Å²) in [5.41, 5.74) is 2.47. The topological polar surface area (TPSA) is 48.7 Å². The van der Waals surface area contributed by atoms with Crippen LogP contribution in [0.4, 0.5) is 11.5 Å². The number of nitriles is 1. The van der Waals surface area contributed by atoms with E-state index in [0.29, 0.717) is 16.4 Å². The molecule has 0 bridgehead atoms. The molecule has 5 heteroatoms. The molecule has 1 heterocycles. The number of rotatable bonds is 2. The maximum absolute atomic E-state index is 8.77. The zero-order valence-corrected chi connectivity index (χ0v) is 11.9. The van der Waals surface area contributed by atoms with Crippen LogP contribution in [0.25, 0.3) is 0 Å². The molecule has 1 aromatic heterocycles. The molecule has 0 saturated carbocycles. The van der Waals surface area contributed by atoms with Crippen LogP contribution in [0.3, 0.4) is 0 Å². The SMILES string of the molecule is Cc1ccc(Cl)cc1Nc1ncc(C#N)cc1Br. The van der Waals surface area contributed by atoms with Gasteiger partial charge in [-0.2, -0.15) is 5.26 Å². The number of pyridine rings is 1. The van der Waals surface area contributed by atoms with E-state index in [0.717, 1.165) is 15.7 Å². The molecule has 90 valence electrons. The summed E-state index contributed by atoms with van der Waals surface area (Å²) in [6.07, 6.45) is 1.52. The van der Waals surface area contributed by atoms with Gasteiger partial charge in [0.1, 0.15) is 11.9 Å². The number of aryl methyl sites for hydroxylation is 1. The Balaban J connectivity index is 2.34. The Kier molecular flexibility index (Phi) is 3.85. The molecule has 0 aliphatic rings. The van der Waals surface area contributed by atoms with Crippen molar-refractivity contribution in [1.82, 2.24) is 4.98 Å². The van der Waals surface area contributed by atoms with Crippen molar-refractivity contribution in [2.75, 3.05) is 5.32 Å². The molecule has 1 N–H and O–H groups in total. The lowest BCUT2D eigenvalue weighted by atomic mass is 10.2. The molecule has 0 atom stereocenters. The van der Waals surface area contributed by atoms with E-state index in [1.54, 1.807) is 6.07 Å². The van der Waals surface area contributed by atoms with Gasteiger partial charge in [0.15, 0.2) is 0 Å². The van der Waals surface area contributed by atoms with Gasteiger partial charge in [0.25, 0.3) is 0 Å². The lowest BCUT2D eigenvalue weighted by Gasteiger charge is -2.10. The predicted octanol–water partition coefficient (Wildman–Crippen LogP) is 4.42. The van der Waals surface area contributed by atoms with E-state index in [9.17, 15) is 0 Å². The minimum Gasteiger partial charge on any atom is -0.339 e. The third kappa shape index (κ3) is 2.81. The Labute approximate surface area is 119 Å². The molecule has 2 rings (SSSR count). The van der Waals surface area contributed by atoms with Gasteiger partial charge >= 0.3 is 0 Å². The van der Waals surface area contributed by atoms with Crippen LogP contribution in [0, 0.1) is 18.3 Å². The van der Waals surface area contributed by atoms with E-state index >= 15 is 0 Å². The van der Waals surface area contributed by atoms with Crippen molar-refractivity contribution in [2.24, 2.45) is 0 Å². The van der Waals surface area contributed by atoms with Crippen molar-refractivity contribution in [2.45, 2.75) is 6.92 Å². The third-order valence-corrected chi connectivity index (χ3v) is 3.26. The number of nitrogens with one attached hydrogen (secondary N) is 1. The summed E-state index contributed by atoms with van der Waals surface area (Å²) in [7, 11) is 0. The number of aromatic nitrogens is 1. The molecule has 3 nitrogen and oxygen atoms in total. The molecule has 0 saturated heterocycles. The molecular formula is C13H9BrClN3. The first-order valence-electron chi connectivity index (χ1n) is 5.19. The van der Waals surface area contributed by atoms with Crippen molar-refractivity contribution >= 4 is 39.0 Å². The molecule has 0 aliphatic carbocycles. The molecule has 0 fully saturated rings. The van der Waals surface area contributed by atoms with Gasteiger partial charge in [-0.3, -0.25) is 0 Å². The van der Waals surface area contributed by atoms with E-state index in [2.05, 4.69) is 26.2 Å². The Morgan fingerprint density at radius 1 is 1.39 bits per heavy atom. The zero-order valence-electron chi connectivity index (χ0n) is 9.54. The quantitative estimate of drug-likeness (QED) is 0.890. The van der Waals surface area contributed by atoms with Crippen LogP contribution in [0.5, 0.6) is 0 Å². The Bertz CT molecular complexity index is 635. The molecule has 0 radical (unpaired) electrons. The third-order valence-electron chi connectivity index (χ3n) is 2.42. The van der Waals surface area contributed by atoms with Gasteiger partial charge in [-0.1, -0.05) is 17.7 Å². The van der Waals surface area contributed by atoms with Gasteiger partial charge in [-0.15, -0.1) is 0 Å². The first-order chi connectivity index (χ1) is 8.60. The minimum atomic E-state index is 0.509. The smallest absolute Gasteiger partial charge is 0.144 e. The molecule has 0 aliphatic heterocycles. The molecule has 0 spiro atoms. The fraction of sp³-hybridized carbons (Fsp3) is 0.0769. The first kappa shape index (κ1) is 12.9. The number of anilines is 2. The number of nitrogens with zero attached hydrogens (tertiary/aromatic N) is 2. The van der Waals surface area contributed by atoms with Crippen LogP contribution in [0.1, 0.15) is 11.1 Å². The van der Waals surface area contributed by atoms with Gasteiger partial charge in [0, 0.05) is 16.9 Å². The second-order valence-electron chi connectivity index (χ2n) is 3.75. The average Bonchev–Trinajstić information content (AvgIpc) is 2.36. The van der Waals surface area contributed by atoms with Crippen LogP contribution in [0.15, 0.2) is 34.9 Å². The number of benzene rings is 1. The lowest BCUT2D eigenvalue weighted by Crippen LogP contribution is -1.97. The molecule has 1 aromatic carbocycles. The highest BCUT2D eigenvalue weighted by atomic mass is 79.9. The van der Waals surface area contributed by atoms with Crippen molar-refractivity contribution < 1.29 is 0 Å². The van der Waals surface area contributed by atoms with Crippen LogP contribution in [-0.4, -0.2) is 4.98 Å². The summed E-state index contributed by atoms with van der Waals surface area (Å²) in [5, 5.41) is 12.6. The fourth-order valence-electron chi connectivity index (χ4n) is 1.45. The molecular weight excluding hydrogens is 314 g/mol. The summed E-state index contributed by atoms with van der Waals surface area (Å²) >= 11 is 9.33. The number of halogens is 2. The van der Waals surface area contributed by atoms with Gasteiger partial charge < -0.3 is 5.32 Å². The maximum atomic E-state index is 8.77. The minimum absolute atomic E-state index is 0.509. The number of hydrogen-bond acceptors (Lipinski definition) is 3. The van der Waals surface area contributed by atoms with Crippen LogP contribution >= 0.6 is 27.5 Å². The Morgan fingerprint density at radius 2 is 2.17 bits per heavy atom. The second kappa shape index (κ2) is 5.38. The Morgan fingerprint density at radius 3 is 2.83 bits per heavy atom. The van der Waals surface area contributed by atoms with Crippen molar-refractivity contribution in [1.29, 1.82) is 5.26 Å². The highest BCUT2D eigenvalue weighted by Gasteiger charge is 2.06. The van der Waals surface area contributed by atoms with E-state index in [1.807, 2.05) is 31.2 Å². The summed E-state index contributed by atoms with van der Waals surface area (Å²) < 4.78 is 0.737. The van der Waals surface area contributed by atoms with E-state index in [4.69, 9.17) is 16.9 Å². The average molecular weight is 323 g/mol. The summed E-state index contributed by atoms with van der Waals surface area (Å²) in [4.78, 5) is 4.19. The van der Waals surface area contributed by atoms with Crippen LogP contribution < -0.4 is 5.32 Å². The van der Waals surface area contributed by atoms with Crippen molar-refractivity contribution in [3.63, 3.8) is 0 Å². The Hall–Kier alpha value is -1.57. The second-order valence-corrected chi connectivity index (χ2v) is 5.04. The first-order valence-corrected chi connectivity index (χ1v) is 6.36. The van der Waals surface area contributed by atoms with Gasteiger partial charge in [-0.05, 0) is 46.6 Å². The van der Waals surface area contributed by atoms with E-state index < -0.39 is 0 Å². The van der Waals surface area contributed by atoms with Crippen molar-refractivity contribution in [3.05, 3.63) is 51.1 Å². The fourth-order valence-corrected chi connectivity index (χ4v) is 2.07. The largest absolute Gasteiger partial charge is 0.339 e. The molecule has 0 amide bonds. The highest BCUT2D eigenvalue weighted by molar-refractivity contribution is 9.10. The summed E-state index contributed by atoms with van der Waals surface area (Å²) in [5.74, 6) is 0.652. The molecule has 2 aromatic rings. The van der Waals surface area contributed by atoms with Gasteiger partial charge in [0.05, 0.1) is 10.0 Å². The standard InChI is InChI=1S/C13H9BrClN3/c1-8-2-3-10(15)5-12(8)18-13-11(14)4-9(6-16)7-17-13/h2-5,7H,1H3,(H,17,18). The van der Waals surface area contributed by atoms with Crippen molar-refractivity contribution in [3.8, 4) is 6.07 Å². The summed E-state index contributed by atoms with van der Waals surface area (Å²) in [6, 6.07) is 9.36. The van der Waals surface area contributed by atoms with Gasteiger partial charge in [0.2, 0.25) is 0 Å². The predicted molar refractivity (Wildman–Crippen MR) is 76.1 cm³/mol. The van der Waals surface area contributed by atoms with Crippen LogP contribution in [0.2, 0.25) is 5.02 Å². The van der Waals surface area contributed by atoms with Gasteiger partial charge in [-0.25, -0.2) is 4.98 Å². The number of hydrogen-bond donors (Lipinski definition) is 1. The monoisotopic (exact) mass is 321 g/mol. The summed E-state index contributed by atoms with van der Waals surface area (Å²) in [6.45, 7) is 1.98. The maximum Gasteiger partial charge on any atom is 0.144 e. The molecule has 18 heavy (non-hydrogen) atoms. The van der Waals surface area contributed by atoms with E-state index in [1.165, 1.54) is 6.20 Å². The van der Waals surface area contributed by atoms with Crippen LogP contribution in [-0.2, 0) is 0 Å². The lowest BCUT2D eigenvalue weighted by molar-refractivity contribution is 1.26. The normalized spacial score (nSPS) is 9.89. The molecule has 0 unspecified atom stereocenters. The van der Waals surface area contributed by atoms with E-state index in [-0.39, 0.29) is 0 Å². The zero-order chi connectivity index (χ0) is 13.1. The highest BCUT2D eigenvalue weighted by Crippen LogP contribution is 2.27.